The fourth-order valence-corrected chi connectivity index (χ4v) is 2.29. The third kappa shape index (κ3) is 6.40. The molecule has 0 saturated carbocycles. The third-order valence-corrected chi connectivity index (χ3v) is 3.66. The fourth-order valence-electron chi connectivity index (χ4n) is 2.29. The summed E-state index contributed by atoms with van der Waals surface area (Å²) in [7, 11) is 0. The molecule has 0 bridgehead atoms. The Morgan fingerprint density at radius 1 is 1.08 bits per heavy atom. The minimum atomic E-state index is -0.441. The number of hydrogen-bond acceptors (Lipinski definition) is 4. The van der Waals surface area contributed by atoms with Crippen molar-refractivity contribution in [2.75, 3.05) is 17.6 Å². The molecule has 0 spiro atoms. The van der Waals surface area contributed by atoms with Gasteiger partial charge in [0.25, 0.3) is 5.91 Å². The lowest BCUT2D eigenvalue weighted by Gasteiger charge is -2.06. The number of nitrogens with one attached hydrogen (secondary N) is 2. The van der Waals surface area contributed by atoms with Crippen LogP contribution >= 0.6 is 0 Å². The van der Waals surface area contributed by atoms with Crippen molar-refractivity contribution < 1.29 is 4.79 Å². The third-order valence-electron chi connectivity index (χ3n) is 3.66. The Morgan fingerprint density at radius 3 is 2.48 bits per heavy atom. The van der Waals surface area contributed by atoms with E-state index in [2.05, 4.69) is 22.8 Å². The van der Waals surface area contributed by atoms with Crippen molar-refractivity contribution in [3.63, 3.8) is 0 Å². The van der Waals surface area contributed by atoms with E-state index >= 15 is 0 Å². The number of nitriles is 1. The van der Waals surface area contributed by atoms with Crippen molar-refractivity contribution >= 4 is 17.3 Å². The highest BCUT2D eigenvalue weighted by molar-refractivity contribution is 6.06. The first kappa shape index (κ1) is 18.1. The fraction of sp³-hybridized carbons (Fsp3) is 0.200. The molecule has 0 radical (unpaired) electrons. The van der Waals surface area contributed by atoms with Crippen LogP contribution in [0.5, 0.6) is 0 Å². The van der Waals surface area contributed by atoms with Gasteiger partial charge in [0.15, 0.2) is 0 Å². The topological polar surface area (TPSA) is 90.9 Å². The van der Waals surface area contributed by atoms with Crippen LogP contribution in [0.1, 0.15) is 18.4 Å². The summed E-state index contributed by atoms with van der Waals surface area (Å²) in [5.74, 6) is -0.441. The normalized spacial score (nSPS) is 10.8. The molecule has 0 saturated heterocycles. The van der Waals surface area contributed by atoms with E-state index in [1.54, 1.807) is 24.3 Å². The van der Waals surface area contributed by atoms with E-state index in [1.807, 2.05) is 24.3 Å². The van der Waals surface area contributed by atoms with Gasteiger partial charge in [-0.3, -0.25) is 4.79 Å². The van der Waals surface area contributed by atoms with Gasteiger partial charge < -0.3 is 16.4 Å². The number of nitrogens with two attached hydrogens (primary N) is 1. The molecule has 0 fully saturated rings. The highest BCUT2D eigenvalue weighted by atomic mass is 16.1. The van der Waals surface area contributed by atoms with Crippen molar-refractivity contribution in [1.29, 1.82) is 5.26 Å². The van der Waals surface area contributed by atoms with E-state index in [-0.39, 0.29) is 5.57 Å². The van der Waals surface area contributed by atoms with Gasteiger partial charge in [0.1, 0.15) is 11.6 Å². The van der Waals surface area contributed by atoms with Crippen LogP contribution in [-0.4, -0.2) is 12.5 Å². The van der Waals surface area contributed by atoms with Crippen LogP contribution in [0.2, 0.25) is 0 Å². The Bertz CT molecular complexity index is 746. The summed E-state index contributed by atoms with van der Waals surface area (Å²) in [6.45, 7) is 0.715. The van der Waals surface area contributed by atoms with Crippen LogP contribution in [0.3, 0.4) is 0 Å². The molecule has 5 heteroatoms. The first-order chi connectivity index (χ1) is 12.2. The predicted octanol–water partition coefficient (Wildman–Crippen LogP) is 3.23. The molecule has 25 heavy (non-hydrogen) atoms. The summed E-state index contributed by atoms with van der Waals surface area (Å²) in [6, 6.07) is 19.0. The number of carbonyl (C=O) groups excluding carboxylic acids is 1. The smallest absolute Gasteiger partial charge is 0.267 e. The molecule has 2 rings (SSSR count). The number of carbonyl (C=O) groups is 1. The van der Waals surface area contributed by atoms with Crippen molar-refractivity contribution in [2.24, 2.45) is 0 Å². The number of nitrogen functional groups attached to an aromatic ring is 1. The molecule has 0 aromatic heterocycles. The molecule has 2 aromatic carbocycles. The number of benzene rings is 2. The lowest BCUT2D eigenvalue weighted by Crippen LogP contribution is -2.17. The highest BCUT2D eigenvalue weighted by Gasteiger charge is 2.08. The zero-order chi connectivity index (χ0) is 17.9. The van der Waals surface area contributed by atoms with Crippen molar-refractivity contribution in [2.45, 2.75) is 19.3 Å². The van der Waals surface area contributed by atoms with Crippen LogP contribution in [0.15, 0.2) is 66.4 Å². The molecule has 0 heterocycles. The average molecular weight is 334 g/mol. The summed E-state index contributed by atoms with van der Waals surface area (Å²) >= 11 is 0. The zero-order valence-corrected chi connectivity index (χ0v) is 14.0. The second-order valence-corrected chi connectivity index (χ2v) is 5.64. The maximum atomic E-state index is 12.1. The monoisotopic (exact) mass is 334 g/mol. The van der Waals surface area contributed by atoms with Crippen LogP contribution in [0.25, 0.3) is 0 Å². The minimum Gasteiger partial charge on any atom is -0.399 e. The first-order valence-electron chi connectivity index (χ1n) is 8.23. The summed E-state index contributed by atoms with van der Waals surface area (Å²) in [5, 5.41) is 14.8. The molecule has 0 atom stereocenters. The van der Waals surface area contributed by atoms with Gasteiger partial charge >= 0.3 is 0 Å². The van der Waals surface area contributed by atoms with Gasteiger partial charge in [-0.2, -0.15) is 5.26 Å². The SMILES string of the molecule is N#C/C(=C/NCCCCc1ccccc1)C(=O)Nc1ccc(N)cc1. The Morgan fingerprint density at radius 2 is 1.80 bits per heavy atom. The molecule has 1 amide bonds. The summed E-state index contributed by atoms with van der Waals surface area (Å²) in [4.78, 5) is 12.1. The molecular formula is C20H22N4O. The number of aryl methyl sites for hydroxylation is 1. The highest BCUT2D eigenvalue weighted by Crippen LogP contribution is 2.11. The van der Waals surface area contributed by atoms with E-state index in [0.717, 1.165) is 19.3 Å². The van der Waals surface area contributed by atoms with E-state index in [1.165, 1.54) is 11.8 Å². The van der Waals surface area contributed by atoms with Gasteiger partial charge in [-0.1, -0.05) is 30.3 Å². The summed E-state index contributed by atoms with van der Waals surface area (Å²) < 4.78 is 0. The summed E-state index contributed by atoms with van der Waals surface area (Å²) in [6.07, 6.45) is 4.50. The number of hydrogen-bond donors (Lipinski definition) is 3. The van der Waals surface area contributed by atoms with Crippen LogP contribution in [-0.2, 0) is 11.2 Å². The number of unbranched alkanes of at least 4 members (excludes halogenated alkanes) is 1. The van der Waals surface area contributed by atoms with Crippen LogP contribution < -0.4 is 16.4 Å². The molecule has 0 unspecified atom stereocenters. The van der Waals surface area contributed by atoms with Crippen molar-refractivity contribution in [3.8, 4) is 6.07 Å². The van der Waals surface area contributed by atoms with Crippen molar-refractivity contribution in [3.05, 3.63) is 71.9 Å². The van der Waals surface area contributed by atoms with Crippen LogP contribution in [0.4, 0.5) is 11.4 Å². The number of amides is 1. The molecular weight excluding hydrogens is 312 g/mol. The predicted molar refractivity (Wildman–Crippen MR) is 101 cm³/mol. The lowest BCUT2D eigenvalue weighted by molar-refractivity contribution is -0.112. The maximum absolute atomic E-state index is 12.1. The molecule has 0 aliphatic rings. The molecule has 5 nitrogen and oxygen atoms in total. The molecule has 4 N–H and O–H groups in total. The van der Waals surface area contributed by atoms with E-state index in [4.69, 9.17) is 11.0 Å². The quantitative estimate of drug-likeness (QED) is 0.299. The minimum absolute atomic E-state index is 0.0416. The van der Waals surface area contributed by atoms with Crippen molar-refractivity contribution in [1.82, 2.24) is 5.32 Å². The average Bonchev–Trinajstić information content (AvgIpc) is 2.64. The number of anilines is 2. The Labute approximate surface area is 148 Å². The second kappa shape index (κ2) is 9.78. The second-order valence-electron chi connectivity index (χ2n) is 5.64. The van der Waals surface area contributed by atoms with E-state index < -0.39 is 5.91 Å². The van der Waals surface area contributed by atoms with Gasteiger partial charge in [0, 0.05) is 24.1 Å². The van der Waals surface area contributed by atoms with Gasteiger partial charge in [0.2, 0.25) is 0 Å². The number of rotatable bonds is 8. The first-order valence-corrected chi connectivity index (χ1v) is 8.23. The van der Waals surface area contributed by atoms with Gasteiger partial charge in [-0.05, 0) is 49.1 Å². The molecule has 2 aromatic rings. The molecule has 0 aliphatic heterocycles. The largest absolute Gasteiger partial charge is 0.399 e. The van der Waals surface area contributed by atoms with Gasteiger partial charge in [0.05, 0.1) is 0 Å². The summed E-state index contributed by atoms with van der Waals surface area (Å²) in [5.41, 5.74) is 8.18. The zero-order valence-electron chi connectivity index (χ0n) is 14.0. The van der Waals surface area contributed by atoms with E-state index in [9.17, 15) is 4.79 Å². The Balaban J connectivity index is 1.73. The van der Waals surface area contributed by atoms with Gasteiger partial charge in [-0.15, -0.1) is 0 Å². The Kier molecular flexibility index (Phi) is 7.08. The maximum Gasteiger partial charge on any atom is 0.267 e. The van der Waals surface area contributed by atoms with E-state index in [0.29, 0.717) is 17.9 Å². The lowest BCUT2D eigenvalue weighted by atomic mass is 10.1. The standard InChI is InChI=1S/C20H22N4O/c21-14-17(20(25)24-19-11-9-18(22)10-12-19)15-23-13-5-4-8-16-6-2-1-3-7-16/h1-3,6-7,9-12,15,23H,4-5,8,13,22H2,(H,24,25)/b17-15-. The molecule has 128 valence electrons. The Hall–Kier alpha value is -3.26. The number of nitrogens with zero attached hydrogens (tertiary/aromatic N) is 1. The van der Waals surface area contributed by atoms with Gasteiger partial charge in [-0.25, -0.2) is 0 Å². The molecule has 0 aliphatic carbocycles. The van der Waals surface area contributed by atoms with Crippen LogP contribution in [0, 0.1) is 11.3 Å².